The normalized spacial score (nSPS) is 12.2. The summed E-state index contributed by atoms with van der Waals surface area (Å²) in [6, 6.07) is 9.12. The quantitative estimate of drug-likeness (QED) is 0.614. The van der Waals surface area contributed by atoms with Crippen LogP contribution in [0.2, 0.25) is 0 Å². The van der Waals surface area contributed by atoms with Crippen molar-refractivity contribution in [1.29, 1.82) is 0 Å². The summed E-state index contributed by atoms with van der Waals surface area (Å²) in [5.74, 6) is 1.24. The maximum Gasteiger partial charge on any atom is 0.387 e. The number of benzene rings is 1. The second-order valence-corrected chi connectivity index (χ2v) is 5.50. The van der Waals surface area contributed by atoms with Gasteiger partial charge in [-0.25, -0.2) is 4.98 Å². The number of aliphatic hydroxyl groups is 1. The molecule has 27 heavy (non-hydrogen) atoms. The number of nitrogens with zero attached hydrogens (tertiary/aromatic N) is 3. The summed E-state index contributed by atoms with van der Waals surface area (Å²) in [5, 5.41) is 12.9. The molecule has 0 aliphatic carbocycles. The summed E-state index contributed by atoms with van der Waals surface area (Å²) in [4.78, 5) is 8.14. The first kappa shape index (κ1) is 18.7. The standard InChI is InChI=1S/C17H16F2N4O4/c18-17(19)26-13-4-5-14(21-8-13)25-12-3-1-2-10(6-12)16-22-15(27-23-16)7-11(20)9-24/h1-6,8,11,17,24H,7,9,20H2/t11-/m0/s1. The Morgan fingerprint density at radius 2 is 2.04 bits per heavy atom. The van der Waals surface area contributed by atoms with E-state index in [0.717, 1.165) is 6.20 Å². The van der Waals surface area contributed by atoms with Crippen molar-refractivity contribution in [2.75, 3.05) is 6.61 Å². The van der Waals surface area contributed by atoms with E-state index in [1.54, 1.807) is 24.3 Å². The molecule has 8 nitrogen and oxygen atoms in total. The van der Waals surface area contributed by atoms with E-state index in [2.05, 4.69) is 19.9 Å². The molecule has 0 radical (unpaired) electrons. The van der Waals surface area contributed by atoms with Crippen molar-refractivity contribution in [1.82, 2.24) is 15.1 Å². The molecule has 0 spiro atoms. The fraction of sp³-hybridized carbons (Fsp3) is 0.235. The van der Waals surface area contributed by atoms with Crippen molar-refractivity contribution in [3.8, 4) is 28.8 Å². The molecular weight excluding hydrogens is 362 g/mol. The van der Waals surface area contributed by atoms with Crippen LogP contribution in [0.4, 0.5) is 8.78 Å². The zero-order valence-corrected chi connectivity index (χ0v) is 14.0. The zero-order valence-electron chi connectivity index (χ0n) is 14.0. The van der Waals surface area contributed by atoms with Crippen molar-refractivity contribution >= 4 is 0 Å². The number of pyridine rings is 1. The summed E-state index contributed by atoms with van der Waals surface area (Å²) in [7, 11) is 0. The maximum absolute atomic E-state index is 12.1. The van der Waals surface area contributed by atoms with Gasteiger partial charge in [0.05, 0.1) is 12.8 Å². The molecule has 0 amide bonds. The van der Waals surface area contributed by atoms with Gasteiger partial charge in [-0.2, -0.15) is 13.8 Å². The van der Waals surface area contributed by atoms with Crippen LogP contribution in [0.25, 0.3) is 11.4 Å². The number of ether oxygens (including phenoxy) is 2. The van der Waals surface area contributed by atoms with Gasteiger partial charge in [-0.15, -0.1) is 0 Å². The van der Waals surface area contributed by atoms with Gasteiger partial charge in [-0.05, 0) is 18.2 Å². The highest BCUT2D eigenvalue weighted by Crippen LogP contribution is 2.26. The predicted octanol–water partition coefficient (Wildman–Crippen LogP) is 2.39. The monoisotopic (exact) mass is 378 g/mol. The minimum Gasteiger partial charge on any atom is -0.439 e. The largest absolute Gasteiger partial charge is 0.439 e. The number of rotatable bonds is 8. The Bertz CT molecular complexity index is 873. The van der Waals surface area contributed by atoms with E-state index in [9.17, 15) is 8.78 Å². The molecule has 3 rings (SSSR count). The van der Waals surface area contributed by atoms with Gasteiger partial charge in [0.2, 0.25) is 17.6 Å². The third-order valence-electron chi connectivity index (χ3n) is 3.39. The third-order valence-corrected chi connectivity index (χ3v) is 3.39. The molecule has 3 aromatic rings. The van der Waals surface area contributed by atoms with Gasteiger partial charge >= 0.3 is 6.61 Å². The molecular formula is C17H16F2N4O4. The smallest absolute Gasteiger partial charge is 0.387 e. The van der Waals surface area contributed by atoms with Crippen LogP contribution in [-0.4, -0.2) is 39.5 Å². The predicted molar refractivity (Wildman–Crippen MR) is 89.4 cm³/mol. The van der Waals surface area contributed by atoms with Gasteiger partial charge < -0.3 is 24.8 Å². The van der Waals surface area contributed by atoms with Crippen LogP contribution in [0.1, 0.15) is 5.89 Å². The topological polar surface area (TPSA) is 117 Å². The Hall–Kier alpha value is -3.11. The van der Waals surface area contributed by atoms with Gasteiger partial charge in [-0.1, -0.05) is 17.3 Å². The van der Waals surface area contributed by atoms with E-state index < -0.39 is 12.7 Å². The molecule has 0 saturated heterocycles. The highest BCUT2D eigenvalue weighted by molar-refractivity contribution is 5.57. The molecule has 3 N–H and O–H groups in total. The average Bonchev–Trinajstić information content (AvgIpc) is 3.11. The summed E-state index contributed by atoms with van der Waals surface area (Å²) in [6.45, 7) is -3.10. The van der Waals surface area contributed by atoms with Gasteiger partial charge in [0.25, 0.3) is 0 Å². The summed E-state index contributed by atoms with van der Waals surface area (Å²) < 4.78 is 39.2. The zero-order chi connectivity index (χ0) is 19.2. The average molecular weight is 378 g/mol. The second kappa shape index (κ2) is 8.52. The van der Waals surface area contributed by atoms with E-state index in [1.165, 1.54) is 12.1 Å². The Labute approximate surface area is 152 Å². The number of hydrogen-bond acceptors (Lipinski definition) is 8. The summed E-state index contributed by atoms with van der Waals surface area (Å²) in [5.41, 5.74) is 6.28. The number of alkyl halides is 2. The Morgan fingerprint density at radius 1 is 1.19 bits per heavy atom. The minimum atomic E-state index is -2.91. The van der Waals surface area contributed by atoms with E-state index in [-0.39, 0.29) is 24.7 Å². The van der Waals surface area contributed by atoms with E-state index in [1.807, 2.05) is 0 Å². The van der Waals surface area contributed by atoms with Crippen LogP contribution in [0.3, 0.4) is 0 Å². The lowest BCUT2D eigenvalue weighted by molar-refractivity contribution is -0.0501. The number of aromatic nitrogens is 3. The van der Waals surface area contributed by atoms with Crippen LogP contribution in [-0.2, 0) is 6.42 Å². The number of halogens is 2. The molecule has 0 unspecified atom stereocenters. The highest BCUT2D eigenvalue weighted by atomic mass is 19.3. The van der Waals surface area contributed by atoms with Gasteiger partial charge in [0, 0.05) is 24.1 Å². The first-order valence-electron chi connectivity index (χ1n) is 7.91. The van der Waals surface area contributed by atoms with Crippen molar-refractivity contribution in [3.63, 3.8) is 0 Å². The number of hydrogen-bond donors (Lipinski definition) is 2. The Kier molecular flexibility index (Phi) is 5.89. The van der Waals surface area contributed by atoms with Gasteiger partial charge in [0.15, 0.2) is 0 Å². The molecule has 10 heteroatoms. The maximum atomic E-state index is 12.1. The SMILES string of the molecule is N[C@H](CO)Cc1nc(-c2cccc(Oc3ccc(OC(F)F)cn3)c2)no1. The van der Waals surface area contributed by atoms with Crippen molar-refractivity contribution in [2.45, 2.75) is 19.1 Å². The Balaban J connectivity index is 1.70. The Morgan fingerprint density at radius 3 is 2.74 bits per heavy atom. The second-order valence-electron chi connectivity index (χ2n) is 5.50. The lowest BCUT2D eigenvalue weighted by Crippen LogP contribution is -2.26. The fourth-order valence-electron chi connectivity index (χ4n) is 2.16. The molecule has 0 bridgehead atoms. The molecule has 0 fully saturated rings. The molecule has 1 aromatic carbocycles. The molecule has 0 aliphatic rings. The van der Waals surface area contributed by atoms with E-state index >= 15 is 0 Å². The molecule has 2 aromatic heterocycles. The highest BCUT2D eigenvalue weighted by Gasteiger charge is 2.13. The van der Waals surface area contributed by atoms with Crippen LogP contribution in [0.5, 0.6) is 17.4 Å². The van der Waals surface area contributed by atoms with Crippen LogP contribution in [0.15, 0.2) is 47.1 Å². The third kappa shape index (κ3) is 5.19. The van der Waals surface area contributed by atoms with E-state index in [4.69, 9.17) is 20.1 Å². The molecule has 142 valence electrons. The molecule has 1 atom stereocenters. The molecule has 0 aliphatic heterocycles. The van der Waals surface area contributed by atoms with Crippen LogP contribution in [0, 0.1) is 0 Å². The van der Waals surface area contributed by atoms with Crippen LogP contribution >= 0.6 is 0 Å². The summed E-state index contributed by atoms with van der Waals surface area (Å²) >= 11 is 0. The first-order valence-corrected chi connectivity index (χ1v) is 7.91. The van der Waals surface area contributed by atoms with Crippen LogP contribution < -0.4 is 15.2 Å². The van der Waals surface area contributed by atoms with Gasteiger partial charge in [0.1, 0.15) is 11.5 Å². The lowest BCUT2D eigenvalue weighted by Gasteiger charge is -2.07. The summed E-state index contributed by atoms with van der Waals surface area (Å²) in [6.07, 6.45) is 1.40. The van der Waals surface area contributed by atoms with Crippen molar-refractivity contribution in [2.24, 2.45) is 5.73 Å². The molecule has 0 saturated carbocycles. The fourth-order valence-corrected chi connectivity index (χ4v) is 2.16. The molecule has 2 heterocycles. The van der Waals surface area contributed by atoms with Crippen molar-refractivity contribution in [3.05, 3.63) is 48.5 Å². The van der Waals surface area contributed by atoms with Crippen molar-refractivity contribution < 1.29 is 27.9 Å². The first-order chi connectivity index (χ1) is 13.0. The number of aliphatic hydroxyl groups excluding tert-OH is 1. The number of nitrogens with two attached hydrogens (primary N) is 1. The van der Waals surface area contributed by atoms with Gasteiger partial charge in [-0.3, -0.25) is 0 Å². The lowest BCUT2D eigenvalue weighted by atomic mass is 10.2. The minimum absolute atomic E-state index is 0.0634. The van der Waals surface area contributed by atoms with E-state index in [0.29, 0.717) is 23.0 Å².